The molecule has 0 amide bonds. The van der Waals surface area contributed by atoms with Crippen molar-refractivity contribution in [2.24, 2.45) is 0 Å². The number of hydrogen-bond acceptors (Lipinski definition) is 7. The number of carbonyl (C=O) groups excluding carboxylic acids is 3. The summed E-state index contributed by atoms with van der Waals surface area (Å²) in [6, 6.07) is 26.3. The minimum Gasteiger partial charge on any atom is -0.488 e. The number of nitriles is 2. The van der Waals surface area contributed by atoms with E-state index in [1.54, 1.807) is 60.7 Å². The van der Waals surface area contributed by atoms with Crippen LogP contribution in [-0.2, 0) is 13.2 Å². The molecule has 0 radical (unpaired) electrons. The predicted octanol–water partition coefficient (Wildman–Crippen LogP) is 7.43. The first-order valence-electron chi connectivity index (χ1n) is 12.9. The third-order valence-corrected chi connectivity index (χ3v) is 6.05. The molecule has 0 N–H and O–H groups in total. The van der Waals surface area contributed by atoms with Crippen LogP contribution < -0.4 is 9.47 Å². The second-order valence-corrected chi connectivity index (χ2v) is 9.24. The predicted molar refractivity (Wildman–Crippen MR) is 154 cm³/mol. The molecule has 0 saturated heterocycles. The number of benzene rings is 4. The zero-order valence-electron chi connectivity index (χ0n) is 23.3. The largest absolute Gasteiger partial charge is 0.488 e. The first-order valence-corrected chi connectivity index (χ1v) is 12.9. The van der Waals surface area contributed by atoms with Crippen LogP contribution in [0.1, 0.15) is 79.2 Å². The average molecular weight is 581 g/mol. The van der Waals surface area contributed by atoms with Gasteiger partial charge in [0.15, 0.2) is 17.9 Å². The summed E-state index contributed by atoms with van der Waals surface area (Å²) < 4.78 is 36.8. The van der Waals surface area contributed by atoms with Crippen molar-refractivity contribution in [3.8, 4) is 23.6 Å². The molecule has 0 aliphatic carbocycles. The first-order chi connectivity index (χ1) is 20.6. The van der Waals surface area contributed by atoms with Crippen LogP contribution in [0.4, 0.5) is 8.78 Å². The van der Waals surface area contributed by atoms with Crippen LogP contribution in [0.3, 0.4) is 0 Å². The van der Waals surface area contributed by atoms with Crippen molar-refractivity contribution in [3.63, 3.8) is 0 Å². The normalized spacial score (nSPS) is 10.0. The van der Waals surface area contributed by atoms with E-state index in [0.717, 1.165) is 6.29 Å². The SMILES string of the molecule is CC(=O)c1cc(C#N)cc(COc2ccccc2C(F)F)c1.CC(=O)c1cc(C#N)cc(COc2ccccc2C=O)c1. The molecule has 216 valence electrons. The summed E-state index contributed by atoms with van der Waals surface area (Å²) in [5.41, 5.74) is 3.15. The van der Waals surface area contributed by atoms with E-state index in [1.807, 2.05) is 12.1 Å². The third-order valence-electron chi connectivity index (χ3n) is 6.05. The molecule has 4 aromatic rings. The molecular formula is C34H26F2N2O5. The fourth-order valence-electron chi connectivity index (χ4n) is 3.91. The summed E-state index contributed by atoms with van der Waals surface area (Å²) in [6.45, 7) is 3.02. The Morgan fingerprint density at radius 1 is 0.744 bits per heavy atom. The first kappa shape index (κ1) is 31.9. The van der Waals surface area contributed by atoms with Crippen LogP contribution in [0.15, 0.2) is 84.9 Å². The Hall–Kier alpha value is -5.67. The third kappa shape index (κ3) is 9.17. The fourth-order valence-corrected chi connectivity index (χ4v) is 3.91. The van der Waals surface area contributed by atoms with E-state index in [0.29, 0.717) is 44.7 Å². The molecule has 43 heavy (non-hydrogen) atoms. The van der Waals surface area contributed by atoms with E-state index >= 15 is 0 Å². The second kappa shape index (κ2) is 15.4. The summed E-state index contributed by atoms with van der Waals surface area (Å²) in [5, 5.41) is 18.0. The van der Waals surface area contributed by atoms with E-state index in [2.05, 4.69) is 0 Å². The number of nitrogens with zero attached hydrogens (tertiary/aromatic N) is 2. The summed E-state index contributed by atoms with van der Waals surface area (Å²) >= 11 is 0. The molecule has 0 aliphatic heterocycles. The minimum atomic E-state index is -2.63. The maximum absolute atomic E-state index is 12.9. The van der Waals surface area contributed by atoms with E-state index in [9.17, 15) is 23.2 Å². The maximum atomic E-state index is 12.9. The lowest BCUT2D eigenvalue weighted by atomic mass is 10.0. The van der Waals surface area contributed by atoms with E-state index in [1.165, 1.54) is 38.1 Å². The standard InChI is InChI=1S/C17H13F2NO2.C17H13NO3/c1-11(21)14-7-12(9-20)6-13(8-14)10-22-16-5-3-2-4-15(16)17(18)19;1-12(20)16-7-13(9-18)6-14(8-16)11-21-17-5-3-2-4-15(17)10-19/h2-8,17H,10H2,1H3;2-8,10H,11H2,1H3. The zero-order valence-corrected chi connectivity index (χ0v) is 23.3. The fraction of sp³-hybridized carbons (Fsp3) is 0.147. The average Bonchev–Trinajstić information content (AvgIpc) is 3.02. The van der Waals surface area contributed by atoms with Crippen molar-refractivity contribution < 1.29 is 32.6 Å². The quantitative estimate of drug-likeness (QED) is 0.141. The minimum absolute atomic E-state index is 0.000463. The summed E-state index contributed by atoms with van der Waals surface area (Å²) in [7, 11) is 0. The molecule has 9 heteroatoms. The van der Waals surface area contributed by atoms with E-state index < -0.39 is 6.43 Å². The van der Waals surface area contributed by atoms with Gasteiger partial charge in [-0.2, -0.15) is 10.5 Å². The molecule has 0 fully saturated rings. The molecule has 7 nitrogen and oxygen atoms in total. The Balaban J connectivity index is 0.000000236. The highest BCUT2D eigenvalue weighted by Crippen LogP contribution is 2.29. The molecule has 0 heterocycles. The van der Waals surface area contributed by atoms with Gasteiger partial charge in [0, 0.05) is 11.1 Å². The van der Waals surface area contributed by atoms with Crippen LogP contribution in [-0.4, -0.2) is 17.9 Å². The van der Waals surface area contributed by atoms with Crippen LogP contribution in [0.2, 0.25) is 0 Å². The highest BCUT2D eigenvalue weighted by atomic mass is 19.3. The topological polar surface area (TPSA) is 117 Å². The lowest BCUT2D eigenvalue weighted by molar-refractivity contribution is 0.100. The number of halogens is 2. The van der Waals surface area contributed by atoms with Crippen LogP contribution in [0, 0.1) is 22.7 Å². The number of carbonyl (C=O) groups is 3. The Bertz CT molecular complexity index is 1720. The highest BCUT2D eigenvalue weighted by molar-refractivity contribution is 5.95. The van der Waals surface area contributed by atoms with Gasteiger partial charge < -0.3 is 9.47 Å². The lowest BCUT2D eigenvalue weighted by Crippen LogP contribution is -2.02. The Morgan fingerprint density at radius 2 is 1.21 bits per heavy atom. The van der Waals surface area contributed by atoms with Gasteiger partial charge in [0.05, 0.1) is 34.4 Å². The summed E-state index contributed by atoms with van der Waals surface area (Å²) in [5.74, 6) is 0.274. The van der Waals surface area contributed by atoms with Crippen LogP contribution in [0.25, 0.3) is 0 Å². The van der Waals surface area contributed by atoms with Crippen molar-refractivity contribution in [1.29, 1.82) is 10.5 Å². The van der Waals surface area contributed by atoms with Crippen molar-refractivity contribution in [2.45, 2.75) is 33.5 Å². The number of para-hydroxylation sites is 2. The van der Waals surface area contributed by atoms with Gasteiger partial charge >= 0.3 is 0 Å². The van der Waals surface area contributed by atoms with Gasteiger partial charge in [-0.3, -0.25) is 14.4 Å². The maximum Gasteiger partial charge on any atom is 0.267 e. The van der Waals surface area contributed by atoms with Gasteiger partial charge in [-0.25, -0.2) is 8.78 Å². The Labute approximate surface area is 247 Å². The lowest BCUT2D eigenvalue weighted by Gasteiger charge is -2.11. The second-order valence-electron chi connectivity index (χ2n) is 9.24. The molecule has 0 aliphatic rings. The molecule has 4 aromatic carbocycles. The number of hydrogen-bond donors (Lipinski definition) is 0. The smallest absolute Gasteiger partial charge is 0.267 e. The van der Waals surface area contributed by atoms with Crippen molar-refractivity contribution in [1.82, 2.24) is 0 Å². The van der Waals surface area contributed by atoms with Gasteiger partial charge in [-0.05, 0) is 85.6 Å². The van der Waals surface area contributed by atoms with Crippen molar-refractivity contribution in [2.75, 3.05) is 0 Å². The zero-order chi connectivity index (χ0) is 31.4. The number of aldehydes is 1. The van der Waals surface area contributed by atoms with Gasteiger partial charge in [-0.1, -0.05) is 24.3 Å². The number of ether oxygens (including phenoxy) is 2. The number of alkyl halides is 2. The van der Waals surface area contributed by atoms with Gasteiger partial charge in [0.1, 0.15) is 24.7 Å². The molecule has 0 aromatic heterocycles. The van der Waals surface area contributed by atoms with Crippen molar-refractivity contribution >= 4 is 17.9 Å². The Morgan fingerprint density at radius 3 is 1.67 bits per heavy atom. The number of ketones is 2. The molecule has 4 rings (SSSR count). The number of rotatable bonds is 10. The molecule has 0 atom stereocenters. The van der Waals surface area contributed by atoms with Gasteiger partial charge in [-0.15, -0.1) is 0 Å². The monoisotopic (exact) mass is 580 g/mol. The van der Waals surface area contributed by atoms with E-state index in [4.69, 9.17) is 20.0 Å². The number of Topliss-reactive ketones (excluding diaryl/α,β-unsaturated/α-hetero) is 2. The van der Waals surface area contributed by atoms with Crippen LogP contribution >= 0.6 is 0 Å². The van der Waals surface area contributed by atoms with Crippen molar-refractivity contribution in [3.05, 3.63) is 129 Å². The Kier molecular flexibility index (Phi) is 11.4. The molecular weight excluding hydrogens is 554 g/mol. The highest BCUT2D eigenvalue weighted by Gasteiger charge is 2.14. The molecule has 0 unspecified atom stereocenters. The summed E-state index contributed by atoms with van der Waals surface area (Å²) in [6.07, 6.45) is -1.91. The van der Waals surface area contributed by atoms with Gasteiger partial charge in [0.25, 0.3) is 6.43 Å². The molecule has 0 spiro atoms. The summed E-state index contributed by atoms with van der Waals surface area (Å²) in [4.78, 5) is 33.8. The van der Waals surface area contributed by atoms with Crippen LogP contribution in [0.5, 0.6) is 11.5 Å². The van der Waals surface area contributed by atoms with E-state index in [-0.39, 0.29) is 36.1 Å². The molecule has 0 saturated carbocycles. The molecule has 0 bridgehead atoms. The van der Waals surface area contributed by atoms with Gasteiger partial charge in [0.2, 0.25) is 0 Å².